The van der Waals surface area contributed by atoms with Gasteiger partial charge in [-0.2, -0.15) is 13.2 Å². The summed E-state index contributed by atoms with van der Waals surface area (Å²) in [6, 6.07) is 2.24. The van der Waals surface area contributed by atoms with Gasteiger partial charge in [-0.25, -0.2) is 4.39 Å². The Morgan fingerprint density at radius 2 is 1.81 bits per heavy atom. The summed E-state index contributed by atoms with van der Waals surface area (Å²) in [7, 11) is 0. The molecule has 21 heavy (non-hydrogen) atoms. The summed E-state index contributed by atoms with van der Waals surface area (Å²) >= 11 is 0. The summed E-state index contributed by atoms with van der Waals surface area (Å²) in [6.45, 7) is 7.19. The van der Waals surface area contributed by atoms with E-state index in [-0.39, 0.29) is 12.2 Å². The van der Waals surface area contributed by atoms with Gasteiger partial charge in [0, 0.05) is 12.2 Å². The molecule has 0 aliphatic carbocycles. The van der Waals surface area contributed by atoms with Crippen LogP contribution in [0.25, 0.3) is 0 Å². The molecule has 0 amide bonds. The summed E-state index contributed by atoms with van der Waals surface area (Å²) in [5.41, 5.74) is -2.24. The summed E-state index contributed by atoms with van der Waals surface area (Å²) < 4.78 is 56.7. The second-order valence-corrected chi connectivity index (χ2v) is 5.76. The van der Waals surface area contributed by atoms with Crippen molar-refractivity contribution in [2.75, 3.05) is 6.61 Å². The molecule has 0 N–H and O–H groups in total. The van der Waals surface area contributed by atoms with Crippen LogP contribution in [0, 0.1) is 11.2 Å². The smallest absolute Gasteiger partial charge is 0.370 e. The largest absolute Gasteiger partial charge is 0.419 e. The van der Waals surface area contributed by atoms with Gasteiger partial charge in [0.1, 0.15) is 11.9 Å². The molecule has 0 heterocycles. The zero-order valence-corrected chi connectivity index (χ0v) is 12.3. The standard InChI is InChI=1S/C15H18F4O2/c1-5-21-13(14(2,3)4)12(20)9-6-7-11(16)10(8-9)15(17,18)19/h6-8,13H,5H2,1-4H3. The van der Waals surface area contributed by atoms with Crippen LogP contribution in [0.4, 0.5) is 17.6 Å². The molecule has 0 aliphatic rings. The lowest BCUT2D eigenvalue weighted by molar-refractivity contribution is -0.140. The first-order chi connectivity index (χ1) is 9.48. The van der Waals surface area contributed by atoms with Crippen molar-refractivity contribution in [1.29, 1.82) is 0 Å². The monoisotopic (exact) mass is 306 g/mol. The molecule has 118 valence electrons. The van der Waals surface area contributed by atoms with Gasteiger partial charge in [-0.3, -0.25) is 4.79 Å². The van der Waals surface area contributed by atoms with Gasteiger partial charge in [-0.05, 0) is 30.5 Å². The Labute approximate surface area is 121 Å². The molecule has 0 saturated carbocycles. The van der Waals surface area contributed by atoms with Crippen LogP contribution < -0.4 is 0 Å². The van der Waals surface area contributed by atoms with E-state index in [1.807, 2.05) is 0 Å². The number of ether oxygens (including phenoxy) is 1. The number of carbonyl (C=O) groups is 1. The number of alkyl halides is 3. The summed E-state index contributed by atoms with van der Waals surface area (Å²) in [5.74, 6) is -1.99. The van der Waals surface area contributed by atoms with Crippen LogP contribution in [0.2, 0.25) is 0 Å². The lowest BCUT2D eigenvalue weighted by Crippen LogP contribution is -2.37. The van der Waals surface area contributed by atoms with Crippen molar-refractivity contribution in [1.82, 2.24) is 0 Å². The predicted molar refractivity (Wildman–Crippen MR) is 70.6 cm³/mol. The van der Waals surface area contributed by atoms with E-state index in [1.54, 1.807) is 27.7 Å². The highest BCUT2D eigenvalue weighted by Crippen LogP contribution is 2.33. The Morgan fingerprint density at radius 1 is 1.24 bits per heavy atom. The zero-order valence-electron chi connectivity index (χ0n) is 12.3. The molecule has 0 saturated heterocycles. The molecule has 0 fully saturated rings. The van der Waals surface area contributed by atoms with Crippen LogP contribution in [0.1, 0.15) is 43.6 Å². The Bertz CT molecular complexity index is 515. The quantitative estimate of drug-likeness (QED) is 0.605. The van der Waals surface area contributed by atoms with E-state index in [2.05, 4.69) is 0 Å². The van der Waals surface area contributed by atoms with Crippen molar-refractivity contribution in [2.24, 2.45) is 5.41 Å². The molecule has 2 nitrogen and oxygen atoms in total. The number of hydrogen-bond acceptors (Lipinski definition) is 2. The van der Waals surface area contributed by atoms with Gasteiger partial charge in [0.2, 0.25) is 0 Å². The van der Waals surface area contributed by atoms with E-state index < -0.39 is 34.9 Å². The van der Waals surface area contributed by atoms with Crippen molar-refractivity contribution >= 4 is 5.78 Å². The maximum absolute atomic E-state index is 13.2. The molecule has 0 radical (unpaired) electrons. The van der Waals surface area contributed by atoms with Crippen LogP contribution in [0.15, 0.2) is 18.2 Å². The van der Waals surface area contributed by atoms with Crippen molar-refractivity contribution < 1.29 is 27.1 Å². The molecule has 1 atom stereocenters. The number of hydrogen-bond donors (Lipinski definition) is 0. The van der Waals surface area contributed by atoms with Crippen LogP contribution in [0.5, 0.6) is 0 Å². The fraction of sp³-hybridized carbons (Fsp3) is 0.533. The topological polar surface area (TPSA) is 26.3 Å². The maximum atomic E-state index is 13.2. The molecular weight excluding hydrogens is 288 g/mol. The van der Waals surface area contributed by atoms with Crippen molar-refractivity contribution in [2.45, 2.75) is 40.0 Å². The second-order valence-electron chi connectivity index (χ2n) is 5.76. The third-order valence-corrected chi connectivity index (χ3v) is 2.91. The number of ketones is 1. The molecule has 1 rings (SSSR count). The average Bonchev–Trinajstić information content (AvgIpc) is 2.33. The first-order valence-corrected chi connectivity index (χ1v) is 6.51. The van der Waals surface area contributed by atoms with Gasteiger partial charge in [-0.1, -0.05) is 20.8 Å². The first-order valence-electron chi connectivity index (χ1n) is 6.51. The molecule has 6 heteroatoms. The van der Waals surface area contributed by atoms with Gasteiger partial charge >= 0.3 is 6.18 Å². The predicted octanol–water partition coefficient (Wildman–Crippen LogP) is 4.48. The summed E-state index contributed by atoms with van der Waals surface area (Å²) in [6.07, 6.45) is -5.74. The fourth-order valence-electron chi connectivity index (χ4n) is 1.93. The van der Waals surface area contributed by atoms with E-state index in [9.17, 15) is 22.4 Å². The Kier molecular flexibility index (Phi) is 5.15. The number of benzene rings is 1. The van der Waals surface area contributed by atoms with Gasteiger partial charge < -0.3 is 4.74 Å². The van der Waals surface area contributed by atoms with E-state index in [1.165, 1.54) is 0 Å². The SMILES string of the molecule is CCOC(C(=O)c1ccc(F)c(C(F)(F)F)c1)C(C)(C)C. The molecule has 1 aromatic rings. The highest BCUT2D eigenvalue weighted by atomic mass is 19.4. The molecular formula is C15H18F4O2. The first kappa shape index (κ1) is 17.6. The Balaban J connectivity index is 3.24. The van der Waals surface area contributed by atoms with E-state index in [4.69, 9.17) is 4.74 Å². The maximum Gasteiger partial charge on any atom is 0.419 e. The third kappa shape index (κ3) is 4.27. The number of rotatable bonds is 4. The molecule has 0 aromatic heterocycles. The number of Topliss-reactive ketones (excluding diaryl/α,β-unsaturated/α-hetero) is 1. The average molecular weight is 306 g/mol. The van der Waals surface area contributed by atoms with Crippen molar-refractivity contribution in [3.8, 4) is 0 Å². The highest BCUT2D eigenvalue weighted by molar-refractivity contribution is 6.00. The minimum Gasteiger partial charge on any atom is -0.370 e. The van der Waals surface area contributed by atoms with Crippen LogP contribution in [-0.2, 0) is 10.9 Å². The fourth-order valence-corrected chi connectivity index (χ4v) is 1.93. The molecule has 1 aromatic carbocycles. The van der Waals surface area contributed by atoms with Crippen molar-refractivity contribution in [3.05, 3.63) is 35.1 Å². The number of halogens is 4. The van der Waals surface area contributed by atoms with Crippen LogP contribution >= 0.6 is 0 Å². The Morgan fingerprint density at radius 3 is 2.24 bits per heavy atom. The third-order valence-electron chi connectivity index (χ3n) is 2.91. The van der Waals surface area contributed by atoms with E-state index in [0.717, 1.165) is 6.07 Å². The summed E-state index contributed by atoms with van der Waals surface area (Å²) in [5, 5.41) is 0. The molecule has 1 unspecified atom stereocenters. The highest BCUT2D eigenvalue weighted by Gasteiger charge is 2.37. The van der Waals surface area contributed by atoms with Gasteiger partial charge in [0.05, 0.1) is 5.56 Å². The minimum atomic E-state index is -4.84. The van der Waals surface area contributed by atoms with E-state index in [0.29, 0.717) is 12.1 Å². The van der Waals surface area contributed by atoms with Crippen LogP contribution in [0.3, 0.4) is 0 Å². The van der Waals surface area contributed by atoms with Gasteiger partial charge in [-0.15, -0.1) is 0 Å². The molecule has 0 bridgehead atoms. The Hall–Kier alpha value is -1.43. The molecule has 0 spiro atoms. The summed E-state index contributed by atoms with van der Waals surface area (Å²) in [4.78, 5) is 12.4. The molecule has 0 aliphatic heterocycles. The van der Waals surface area contributed by atoms with Gasteiger partial charge in [0.15, 0.2) is 5.78 Å². The second kappa shape index (κ2) is 6.13. The van der Waals surface area contributed by atoms with Crippen LogP contribution in [-0.4, -0.2) is 18.5 Å². The van der Waals surface area contributed by atoms with Gasteiger partial charge in [0.25, 0.3) is 0 Å². The number of carbonyl (C=O) groups excluding carboxylic acids is 1. The zero-order chi connectivity index (χ0) is 16.4. The minimum absolute atomic E-state index is 0.211. The normalized spacial score (nSPS) is 14.1. The van der Waals surface area contributed by atoms with E-state index >= 15 is 0 Å². The lowest BCUT2D eigenvalue weighted by Gasteiger charge is -2.29. The lowest BCUT2D eigenvalue weighted by atomic mass is 9.84. The van der Waals surface area contributed by atoms with Crippen molar-refractivity contribution in [3.63, 3.8) is 0 Å².